The number of pyridine rings is 1. The van der Waals surface area contributed by atoms with E-state index in [9.17, 15) is 4.39 Å². The number of benzene rings is 2. The Kier molecular flexibility index (Phi) is 5.68. The van der Waals surface area contributed by atoms with Crippen LogP contribution < -0.4 is 5.73 Å². The number of fused-ring (bicyclic) bond motifs is 1. The van der Waals surface area contributed by atoms with Crippen molar-refractivity contribution in [2.45, 2.75) is 13.0 Å². The maximum absolute atomic E-state index is 13.1. The molecule has 1 aromatic heterocycles. The Labute approximate surface area is 152 Å². The van der Waals surface area contributed by atoms with Crippen LogP contribution in [0.4, 0.5) is 4.39 Å². The second-order valence-electron chi connectivity index (χ2n) is 5.96. The van der Waals surface area contributed by atoms with Crippen LogP contribution in [0.15, 0.2) is 60.9 Å². The Bertz CT molecular complexity index is 864. The minimum atomic E-state index is -0.234. The van der Waals surface area contributed by atoms with E-state index in [1.165, 1.54) is 12.1 Å². The third kappa shape index (κ3) is 4.59. The van der Waals surface area contributed by atoms with Crippen LogP contribution in [0.5, 0.6) is 0 Å². The van der Waals surface area contributed by atoms with Gasteiger partial charge in [-0.3, -0.25) is 4.98 Å². The summed E-state index contributed by atoms with van der Waals surface area (Å²) in [7, 11) is 0. The van der Waals surface area contributed by atoms with E-state index in [2.05, 4.69) is 28.1 Å². The van der Waals surface area contributed by atoms with Crippen LogP contribution in [0.25, 0.3) is 10.8 Å². The molecule has 0 fully saturated rings. The van der Waals surface area contributed by atoms with E-state index < -0.39 is 0 Å². The largest absolute Gasteiger partial charge is 0.360 e. The molecule has 0 aliphatic heterocycles. The molecule has 2 N–H and O–H groups in total. The Morgan fingerprint density at radius 1 is 1.04 bits per heavy atom. The van der Waals surface area contributed by atoms with Crippen molar-refractivity contribution in [3.63, 3.8) is 0 Å². The van der Waals surface area contributed by atoms with E-state index in [-0.39, 0.29) is 5.82 Å². The molecule has 0 unspecified atom stereocenters. The third-order valence-corrected chi connectivity index (χ3v) is 4.50. The predicted molar refractivity (Wildman–Crippen MR) is 104 cm³/mol. The van der Waals surface area contributed by atoms with Gasteiger partial charge in [0.25, 0.3) is 0 Å². The van der Waals surface area contributed by atoms with E-state index in [0.29, 0.717) is 26.1 Å². The summed E-state index contributed by atoms with van der Waals surface area (Å²) in [6, 6.07) is 14.8. The molecule has 2 aromatic carbocycles. The first-order chi connectivity index (χ1) is 12.2. The highest BCUT2D eigenvalue weighted by molar-refractivity contribution is 7.80. The lowest BCUT2D eigenvalue weighted by atomic mass is 10.1. The number of rotatable bonds is 6. The second kappa shape index (κ2) is 8.14. The fraction of sp³-hybridized carbons (Fsp3) is 0.200. The van der Waals surface area contributed by atoms with E-state index in [0.717, 1.165) is 26.9 Å². The van der Waals surface area contributed by atoms with Gasteiger partial charge in [0.1, 0.15) is 5.82 Å². The first-order valence-corrected chi connectivity index (χ1v) is 8.61. The summed E-state index contributed by atoms with van der Waals surface area (Å²) in [6.45, 7) is 1.83. The lowest BCUT2D eigenvalue weighted by Crippen LogP contribution is -2.34. The van der Waals surface area contributed by atoms with Gasteiger partial charge in [-0.05, 0) is 34.7 Å². The van der Waals surface area contributed by atoms with Crippen molar-refractivity contribution in [1.82, 2.24) is 9.88 Å². The van der Waals surface area contributed by atoms with Gasteiger partial charge in [0.15, 0.2) is 0 Å². The fourth-order valence-corrected chi connectivity index (χ4v) is 3.11. The normalized spacial score (nSPS) is 10.8. The zero-order valence-electron chi connectivity index (χ0n) is 13.9. The summed E-state index contributed by atoms with van der Waals surface area (Å²) in [5, 5.41) is 2.27. The maximum Gasteiger partial charge on any atom is 0.123 e. The quantitative estimate of drug-likeness (QED) is 0.686. The summed E-state index contributed by atoms with van der Waals surface area (Å²) >= 11 is 5.65. The molecule has 128 valence electrons. The summed E-state index contributed by atoms with van der Waals surface area (Å²) in [4.78, 5) is 7.05. The Hall–Kier alpha value is -2.37. The highest BCUT2D eigenvalue weighted by Gasteiger charge is 2.11. The molecule has 5 heteroatoms. The molecule has 0 saturated carbocycles. The topological polar surface area (TPSA) is 42.1 Å². The molecule has 0 bridgehead atoms. The van der Waals surface area contributed by atoms with Crippen molar-refractivity contribution in [3.05, 3.63) is 77.9 Å². The zero-order valence-corrected chi connectivity index (χ0v) is 14.7. The van der Waals surface area contributed by atoms with Crippen LogP contribution in [0.1, 0.15) is 11.1 Å². The minimum Gasteiger partial charge on any atom is -0.360 e. The number of aromatic nitrogens is 1. The number of nitrogens with two attached hydrogens (primary N) is 1. The van der Waals surface area contributed by atoms with Crippen molar-refractivity contribution in [3.8, 4) is 0 Å². The molecule has 3 rings (SSSR count). The number of nitrogens with zero attached hydrogens (tertiary/aromatic N) is 2. The van der Waals surface area contributed by atoms with Crippen molar-refractivity contribution >= 4 is 28.0 Å². The number of hydrogen-bond donors (Lipinski definition) is 1. The standard InChI is InChI=1S/C20H20FN3S/c21-19-5-2-15(3-6-19)14-24(10-8-22)20(25)12-16-1-4-18-13-23-9-7-17(18)11-16/h1-7,9,11,13H,8,10,12,14,22H2. The van der Waals surface area contributed by atoms with Gasteiger partial charge in [0.2, 0.25) is 0 Å². The summed E-state index contributed by atoms with van der Waals surface area (Å²) in [5.74, 6) is -0.234. The molecule has 0 aliphatic carbocycles. The van der Waals surface area contributed by atoms with Crippen LogP contribution in [0, 0.1) is 5.82 Å². The molecule has 3 aromatic rings. The molecular formula is C20H20FN3S. The van der Waals surface area contributed by atoms with Gasteiger partial charge in [0, 0.05) is 43.8 Å². The van der Waals surface area contributed by atoms with Gasteiger partial charge < -0.3 is 10.6 Å². The van der Waals surface area contributed by atoms with Gasteiger partial charge in [-0.2, -0.15) is 0 Å². The predicted octanol–water partition coefficient (Wildman–Crippen LogP) is 3.70. The van der Waals surface area contributed by atoms with Gasteiger partial charge >= 0.3 is 0 Å². The molecular weight excluding hydrogens is 333 g/mol. The average molecular weight is 353 g/mol. The lowest BCUT2D eigenvalue weighted by Gasteiger charge is -2.25. The van der Waals surface area contributed by atoms with Crippen LogP contribution in [-0.4, -0.2) is 28.0 Å². The lowest BCUT2D eigenvalue weighted by molar-refractivity contribution is 0.424. The Morgan fingerprint density at radius 3 is 2.56 bits per heavy atom. The molecule has 1 heterocycles. The Morgan fingerprint density at radius 2 is 1.80 bits per heavy atom. The molecule has 0 amide bonds. The maximum atomic E-state index is 13.1. The van der Waals surface area contributed by atoms with Crippen molar-refractivity contribution < 1.29 is 4.39 Å². The summed E-state index contributed by atoms with van der Waals surface area (Å²) in [5.41, 5.74) is 7.92. The van der Waals surface area contributed by atoms with Gasteiger partial charge in [-0.15, -0.1) is 0 Å². The smallest absolute Gasteiger partial charge is 0.123 e. The highest BCUT2D eigenvalue weighted by atomic mass is 32.1. The van der Waals surface area contributed by atoms with E-state index in [1.54, 1.807) is 18.3 Å². The molecule has 0 aliphatic rings. The second-order valence-corrected chi connectivity index (χ2v) is 6.44. The van der Waals surface area contributed by atoms with Crippen LogP contribution in [-0.2, 0) is 13.0 Å². The first-order valence-electron chi connectivity index (χ1n) is 8.20. The van der Waals surface area contributed by atoms with Crippen LogP contribution >= 0.6 is 12.2 Å². The molecule has 0 spiro atoms. The molecule has 0 radical (unpaired) electrons. The average Bonchev–Trinajstić information content (AvgIpc) is 2.63. The molecule has 25 heavy (non-hydrogen) atoms. The monoisotopic (exact) mass is 353 g/mol. The molecule has 0 atom stereocenters. The van der Waals surface area contributed by atoms with Crippen molar-refractivity contribution in [2.75, 3.05) is 13.1 Å². The SMILES string of the molecule is NCCN(Cc1ccc(F)cc1)C(=S)Cc1ccc2cnccc2c1. The van der Waals surface area contributed by atoms with Crippen LogP contribution in [0.2, 0.25) is 0 Å². The zero-order chi connectivity index (χ0) is 17.6. The van der Waals surface area contributed by atoms with Crippen LogP contribution in [0.3, 0.4) is 0 Å². The fourth-order valence-electron chi connectivity index (χ4n) is 2.79. The van der Waals surface area contributed by atoms with Gasteiger partial charge in [-0.1, -0.05) is 42.5 Å². The molecule has 0 saturated heterocycles. The number of halogens is 1. The third-order valence-electron chi connectivity index (χ3n) is 4.10. The van der Waals surface area contributed by atoms with Crippen molar-refractivity contribution in [1.29, 1.82) is 0 Å². The van der Waals surface area contributed by atoms with E-state index >= 15 is 0 Å². The first kappa shape index (κ1) is 17.5. The van der Waals surface area contributed by atoms with E-state index in [4.69, 9.17) is 18.0 Å². The number of thiocarbonyl (C=S) groups is 1. The summed E-state index contributed by atoms with van der Waals surface area (Å²) < 4.78 is 13.1. The van der Waals surface area contributed by atoms with E-state index in [1.807, 2.05) is 12.3 Å². The highest BCUT2D eigenvalue weighted by Crippen LogP contribution is 2.16. The number of hydrogen-bond acceptors (Lipinski definition) is 3. The van der Waals surface area contributed by atoms with Gasteiger partial charge in [0.05, 0.1) is 4.99 Å². The Balaban J connectivity index is 1.73. The van der Waals surface area contributed by atoms with Gasteiger partial charge in [-0.25, -0.2) is 4.39 Å². The molecule has 3 nitrogen and oxygen atoms in total. The summed E-state index contributed by atoms with van der Waals surface area (Å²) in [6.07, 6.45) is 4.32. The minimum absolute atomic E-state index is 0.234. The van der Waals surface area contributed by atoms with Crippen molar-refractivity contribution in [2.24, 2.45) is 5.73 Å².